The average Bonchev–Trinajstić information content (AvgIpc) is 2.66. The smallest absolute Gasteiger partial charge is 0.0771 e. The molecule has 2 N–H and O–H groups in total. The molecule has 2 aliphatic carbocycles. The van der Waals surface area contributed by atoms with Gasteiger partial charge in [-0.2, -0.15) is 0 Å². The van der Waals surface area contributed by atoms with E-state index in [-0.39, 0.29) is 11.5 Å². The number of fused-ring (bicyclic) bond motifs is 1. The zero-order valence-electron chi connectivity index (χ0n) is 13.4. The molecule has 2 aliphatic rings. The summed E-state index contributed by atoms with van der Waals surface area (Å²) in [7, 11) is 0. The Kier molecular flexibility index (Phi) is 4.46. The molecule has 2 rings (SSSR count). The van der Waals surface area contributed by atoms with Crippen LogP contribution in [0.1, 0.15) is 59.8 Å². The summed E-state index contributed by atoms with van der Waals surface area (Å²) in [6, 6.07) is 0. The molecular formula is C18H30O2. The summed E-state index contributed by atoms with van der Waals surface area (Å²) in [5.41, 5.74) is 0.998. The monoisotopic (exact) mass is 278 g/mol. The number of rotatable bonds is 4. The van der Waals surface area contributed by atoms with Crippen molar-refractivity contribution in [1.29, 1.82) is 0 Å². The molecule has 1 saturated carbocycles. The lowest BCUT2D eigenvalue weighted by atomic mass is 9.63. The summed E-state index contributed by atoms with van der Waals surface area (Å²) in [5.74, 6) is 0.917. The van der Waals surface area contributed by atoms with Crippen molar-refractivity contribution >= 4 is 0 Å². The van der Waals surface area contributed by atoms with Gasteiger partial charge < -0.3 is 10.2 Å². The van der Waals surface area contributed by atoms with Crippen molar-refractivity contribution in [3.8, 4) is 0 Å². The molecule has 0 spiro atoms. The van der Waals surface area contributed by atoms with E-state index in [0.29, 0.717) is 11.8 Å². The first-order chi connectivity index (χ1) is 9.24. The molecule has 1 fully saturated rings. The summed E-state index contributed by atoms with van der Waals surface area (Å²) < 4.78 is 0. The highest BCUT2D eigenvalue weighted by Crippen LogP contribution is 2.54. The van der Waals surface area contributed by atoms with Gasteiger partial charge in [-0.05, 0) is 63.2 Å². The Morgan fingerprint density at radius 3 is 2.85 bits per heavy atom. The minimum atomic E-state index is -0.725. The molecular weight excluding hydrogens is 248 g/mol. The van der Waals surface area contributed by atoms with Gasteiger partial charge in [0.25, 0.3) is 0 Å². The maximum absolute atomic E-state index is 10.2. The van der Waals surface area contributed by atoms with Crippen LogP contribution in [0.25, 0.3) is 0 Å². The van der Waals surface area contributed by atoms with E-state index in [1.165, 1.54) is 12.0 Å². The van der Waals surface area contributed by atoms with Crippen LogP contribution in [0.5, 0.6) is 0 Å². The van der Waals surface area contributed by atoms with Gasteiger partial charge >= 0.3 is 0 Å². The van der Waals surface area contributed by atoms with Gasteiger partial charge in [0, 0.05) is 0 Å². The van der Waals surface area contributed by atoms with Crippen LogP contribution in [-0.4, -0.2) is 21.9 Å². The second-order valence-corrected chi connectivity index (χ2v) is 7.57. The molecule has 0 aromatic rings. The first-order valence-electron chi connectivity index (χ1n) is 8.03. The van der Waals surface area contributed by atoms with Crippen LogP contribution in [0.3, 0.4) is 0 Å². The number of hydrogen-bond acceptors (Lipinski definition) is 2. The lowest BCUT2D eigenvalue weighted by molar-refractivity contribution is 0.00804. The highest BCUT2D eigenvalue weighted by molar-refractivity contribution is 5.26. The molecule has 114 valence electrons. The minimum absolute atomic E-state index is 0.124. The number of allylic oxidation sites excluding steroid dienone is 3. The lowest BCUT2D eigenvalue weighted by Gasteiger charge is -2.43. The summed E-state index contributed by atoms with van der Waals surface area (Å²) in [4.78, 5) is 0. The van der Waals surface area contributed by atoms with E-state index in [1.54, 1.807) is 13.8 Å². The number of aliphatic hydroxyl groups is 2. The predicted molar refractivity (Wildman–Crippen MR) is 83.4 cm³/mol. The van der Waals surface area contributed by atoms with E-state index in [0.717, 1.165) is 25.7 Å². The van der Waals surface area contributed by atoms with Crippen LogP contribution >= 0.6 is 0 Å². The standard InChI is InChI=1S/C18H30O2/c1-13(7-5-11-17(2,3)20)14-9-10-15-16(19)8-6-12-18(14,15)4/h5,9,11,13,15-16,19-20H,6-8,10,12H2,1-4H3/t13-,15?,16-,18+/m0/s1. The maximum atomic E-state index is 10.2. The Labute approximate surface area is 123 Å². The van der Waals surface area contributed by atoms with Gasteiger partial charge in [0.1, 0.15) is 0 Å². The van der Waals surface area contributed by atoms with Crippen molar-refractivity contribution in [2.45, 2.75) is 71.5 Å². The van der Waals surface area contributed by atoms with Crippen molar-refractivity contribution in [2.75, 3.05) is 0 Å². The van der Waals surface area contributed by atoms with E-state index >= 15 is 0 Å². The van der Waals surface area contributed by atoms with Crippen LogP contribution in [0.4, 0.5) is 0 Å². The third-order valence-corrected chi connectivity index (χ3v) is 5.28. The van der Waals surface area contributed by atoms with Crippen LogP contribution in [0.2, 0.25) is 0 Å². The zero-order chi connectivity index (χ0) is 15.0. The van der Waals surface area contributed by atoms with Crippen LogP contribution < -0.4 is 0 Å². The van der Waals surface area contributed by atoms with Crippen molar-refractivity contribution < 1.29 is 10.2 Å². The normalized spacial score (nSPS) is 36.0. The predicted octanol–water partition coefficient (Wildman–Crippen LogP) is 3.84. The van der Waals surface area contributed by atoms with Crippen LogP contribution in [-0.2, 0) is 0 Å². The summed E-state index contributed by atoms with van der Waals surface area (Å²) in [6.45, 7) is 8.22. The third kappa shape index (κ3) is 3.17. The van der Waals surface area contributed by atoms with Crippen LogP contribution in [0, 0.1) is 17.3 Å². The molecule has 2 heteroatoms. The van der Waals surface area contributed by atoms with E-state index in [1.807, 2.05) is 6.08 Å². The molecule has 0 aliphatic heterocycles. The number of hydrogen-bond donors (Lipinski definition) is 2. The van der Waals surface area contributed by atoms with Gasteiger partial charge in [-0.15, -0.1) is 0 Å². The molecule has 20 heavy (non-hydrogen) atoms. The van der Waals surface area contributed by atoms with Crippen molar-refractivity contribution in [1.82, 2.24) is 0 Å². The fraction of sp³-hybridized carbons (Fsp3) is 0.778. The maximum Gasteiger partial charge on any atom is 0.0771 e. The van der Waals surface area contributed by atoms with Gasteiger partial charge in [-0.3, -0.25) is 0 Å². The minimum Gasteiger partial charge on any atom is -0.393 e. The second kappa shape index (κ2) is 5.65. The van der Waals surface area contributed by atoms with E-state index in [4.69, 9.17) is 0 Å². The average molecular weight is 278 g/mol. The SMILES string of the molecule is C[C@@H](CC=CC(C)(C)O)C1=CCC2[C@@H](O)CCC[C@]12C. The molecule has 0 bridgehead atoms. The van der Waals surface area contributed by atoms with Gasteiger partial charge in [-0.25, -0.2) is 0 Å². The highest BCUT2D eigenvalue weighted by atomic mass is 16.3. The molecule has 0 aromatic heterocycles. The summed E-state index contributed by atoms with van der Waals surface area (Å²) in [6.07, 6.45) is 11.5. The van der Waals surface area contributed by atoms with Gasteiger partial charge in [-0.1, -0.05) is 37.6 Å². The number of aliphatic hydroxyl groups excluding tert-OH is 1. The van der Waals surface area contributed by atoms with E-state index < -0.39 is 5.60 Å². The summed E-state index contributed by atoms with van der Waals surface area (Å²) in [5, 5.41) is 20.0. The molecule has 1 unspecified atom stereocenters. The summed E-state index contributed by atoms with van der Waals surface area (Å²) >= 11 is 0. The molecule has 2 nitrogen and oxygen atoms in total. The topological polar surface area (TPSA) is 40.5 Å². The molecule has 0 heterocycles. The van der Waals surface area contributed by atoms with Gasteiger partial charge in [0.15, 0.2) is 0 Å². The largest absolute Gasteiger partial charge is 0.393 e. The van der Waals surface area contributed by atoms with Crippen molar-refractivity contribution in [3.63, 3.8) is 0 Å². The second-order valence-electron chi connectivity index (χ2n) is 7.57. The Balaban J connectivity index is 2.04. The molecule has 0 radical (unpaired) electrons. The quantitative estimate of drug-likeness (QED) is 0.767. The third-order valence-electron chi connectivity index (χ3n) is 5.28. The first-order valence-corrected chi connectivity index (χ1v) is 8.03. The van der Waals surface area contributed by atoms with Gasteiger partial charge in [0.05, 0.1) is 11.7 Å². The highest BCUT2D eigenvalue weighted by Gasteiger charge is 2.47. The molecule has 0 aromatic carbocycles. The molecule has 0 saturated heterocycles. The van der Waals surface area contributed by atoms with Crippen LogP contribution in [0.15, 0.2) is 23.8 Å². The Hall–Kier alpha value is -0.600. The fourth-order valence-corrected chi connectivity index (χ4v) is 4.20. The molecule has 0 amide bonds. The Bertz CT molecular complexity index is 402. The molecule has 4 atom stereocenters. The lowest BCUT2D eigenvalue weighted by Crippen LogP contribution is -2.39. The zero-order valence-corrected chi connectivity index (χ0v) is 13.4. The Morgan fingerprint density at radius 1 is 1.50 bits per heavy atom. The van der Waals surface area contributed by atoms with Crippen molar-refractivity contribution in [2.24, 2.45) is 17.3 Å². The first kappa shape index (κ1) is 15.8. The van der Waals surface area contributed by atoms with Crippen molar-refractivity contribution in [3.05, 3.63) is 23.8 Å². The van der Waals surface area contributed by atoms with Gasteiger partial charge in [0.2, 0.25) is 0 Å². The van der Waals surface area contributed by atoms with E-state index in [2.05, 4.69) is 26.0 Å². The van der Waals surface area contributed by atoms with E-state index in [9.17, 15) is 10.2 Å². The fourth-order valence-electron chi connectivity index (χ4n) is 4.20. The Morgan fingerprint density at radius 2 is 2.20 bits per heavy atom.